The molecular weight excluding hydrogens is 398 g/mol. The zero-order valence-corrected chi connectivity index (χ0v) is 16.2. The largest absolute Gasteiger partial charge is 0.450 e. The lowest BCUT2D eigenvalue weighted by atomic mass is 10.0. The lowest BCUT2D eigenvalue weighted by molar-refractivity contribution is 0.154. The molecular formula is C18H22BrN5O2. The zero-order chi connectivity index (χ0) is 18.7. The number of hydrogen-bond acceptors (Lipinski definition) is 5. The molecule has 0 spiro atoms. The number of pyridine rings is 1. The van der Waals surface area contributed by atoms with Crippen LogP contribution in [0.25, 0.3) is 21.9 Å². The SMILES string of the molecule is CC(CBr)c1ccc2c(c1)nc(N)c1ncn(CCCCOC(N)=O)c12. The molecule has 2 aromatic heterocycles. The molecule has 0 saturated heterocycles. The fourth-order valence-electron chi connectivity index (χ4n) is 3.00. The summed E-state index contributed by atoms with van der Waals surface area (Å²) < 4.78 is 6.84. The first-order chi connectivity index (χ1) is 12.5. The molecule has 3 aromatic rings. The molecule has 1 atom stereocenters. The maximum atomic E-state index is 10.6. The number of carbonyl (C=O) groups excluding carboxylic acids is 1. The number of hydrogen-bond donors (Lipinski definition) is 2. The molecule has 2 heterocycles. The third-order valence-electron chi connectivity index (χ3n) is 4.44. The second-order valence-corrected chi connectivity index (χ2v) is 6.99. The number of primary amides is 1. The average Bonchev–Trinajstić information content (AvgIpc) is 3.05. The van der Waals surface area contributed by atoms with Gasteiger partial charge >= 0.3 is 6.09 Å². The van der Waals surface area contributed by atoms with Crippen LogP contribution >= 0.6 is 15.9 Å². The number of fused-ring (bicyclic) bond motifs is 3. The van der Waals surface area contributed by atoms with E-state index in [4.69, 9.17) is 16.2 Å². The lowest BCUT2D eigenvalue weighted by Crippen LogP contribution is -2.13. The molecule has 1 amide bonds. The molecule has 26 heavy (non-hydrogen) atoms. The molecule has 0 radical (unpaired) electrons. The molecule has 3 rings (SSSR count). The van der Waals surface area contributed by atoms with Gasteiger partial charge in [0.15, 0.2) is 5.82 Å². The summed E-state index contributed by atoms with van der Waals surface area (Å²) in [5.41, 5.74) is 14.9. The highest BCUT2D eigenvalue weighted by molar-refractivity contribution is 9.09. The van der Waals surface area contributed by atoms with Crippen LogP contribution in [0.5, 0.6) is 0 Å². The van der Waals surface area contributed by atoms with E-state index in [1.165, 1.54) is 5.56 Å². The Morgan fingerprint density at radius 3 is 2.92 bits per heavy atom. The Hall–Kier alpha value is -2.35. The number of imidazole rings is 1. The number of ether oxygens (including phenoxy) is 1. The molecule has 1 aromatic carbocycles. The highest BCUT2D eigenvalue weighted by Crippen LogP contribution is 2.30. The highest BCUT2D eigenvalue weighted by Gasteiger charge is 2.14. The van der Waals surface area contributed by atoms with Crippen molar-refractivity contribution in [1.29, 1.82) is 0 Å². The van der Waals surface area contributed by atoms with Crippen LogP contribution in [0.3, 0.4) is 0 Å². The Morgan fingerprint density at radius 2 is 2.19 bits per heavy atom. The van der Waals surface area contributed by atoms with Gasteiger partial charge in [-0.05, 0) is 30.4 Å². The van der Waals surface area contributed by atoms with Crippen LogP contribution in [0.2, 0.25) is 0 Å². The molecule has 0 bridgehead atoms. The van der Waals surface area contributed by atoms with Crippen molar-refractivity contribution in [2.24, 2.45) is 5.73 Å². The third-order valence-corrected chi connectivity index (χ3v) is 5.41. The normalized spacial score (nSPS) is 12.5. The molecule has 0 fully saturated rings. The Bertz CT molecular complexity index is 940. The van der Waals surface area contributed by atoms with Gasteiger partial charge in [-0.15, -0.1) is 0 Å². The van der Waals surface area contributed by atoms with Crippen LogP contribution in [0.1, 0.15) is 31.2 Å². The summed E-state index contributed by atoms with van der Waals surface area (Å²) in [4.78, 5) is 19.6. The molecule has 7 nitrogen and oxygen atoms in total. The number of nitrogen functional groups attached to an aromatic ring is 1. The van der Waals surface area contributed by atoms with Gasteiger partial charge in [0.05, 0.1) is 24.0 Å². The first-order valence-corrected chi connectivity index (χ1v) is 9.65. The van der Waals surface area contributed by atoms with Crippen LogP contribution in [0, 0.1) is 0 Å². The van der Waals surface area contributed by atoms with Gasteiger partial charge in [0.2, 0.25) is 0 Å². The van der Waals surface area contributed by atoms with Crippen LogP contribution in [-0.4, -0.2) is 32.6 Å². The minimum atomic E-state index is -0.739. The van der Waals surface area contributed by atoms with Gasteiger partial charge in [0.1, 0.15) is 5.52 Å². The number of amides is 1. The van der Waals surface area contributed by atoms with Crippen molar-refractivity contribution >= 4 is 49.8 Å². The number of aryl methyl sites for hydroxylation is 1. The fraction of sp³-hybridized carbons (Fsp3) is 0.389. The van der Waals surface area contributed by atoms with E-state index in [2.05, 4.69) is 55.6 Å². The Kier molecular flexibility index (Phi) is 5.61. The number of aromatic nitrogens is 3. The van der Waals surface area contributed by atoms with E-state index in [-0.39, 0.29) is 0 Å². The van der Waals surface area contributed by atoms with E-state index in [1.807, 2.05) is 0 Å². The van der Waals surface area contributed by atoms with Gasteiger partial charge in [0, 0.05) is 17.3 Å². The summed E-state index contributed by atoms with van der Waals surface area (Å²) in [7, 11) is 0. The van der Waals surface area contributed by atoms with Crippen LogP contribution < -0.4 is 11.5 Å². The monoisotopic (exact) mass is 419 g/mol. The lowest BCUT2D eigenvalue weighted by Gasteiger charge is -2.11. The van der Waals surface area contributed by atoms with Crippen molar-refractivity contribution < 1.29 is 9.53 Å². The molecule has 1 unspecified atom stereocenters. The van der Waals surface area contributed by atoms with Crippen molar-refractivity contribution in [3.8, 4) is 0 Å². The minimum absolute atomic E-state index is 0.320. The average molecular weight is 420 g/mol. The number of rotatable bonds is 7. The van der Waals surface area contributed by atoms with Crippen molar-refractivity contribution in [2.45, 2.75) is 32.2 Å². The molecule has 4 N–H and O–H groups in total. The number of nitrogens with two attached hydrogens (primary N) is 2. The number of carbonyl (C=O) groups is 1. The summed E-state index contributed by atoms with van der Waals surface area (Å²) in [6, 6.07) is 6.31. The van der Waals surface area contributed by atoms with Gasteiger partial charge in [-0.3, -0.25) is 0 Å². The third kappa shape index (κ3) is 3.75. The van der Waals surface area contributed by atoms with Crippen molar-refractivity contribution in [3.05, 3.63) is 30.1 Å². The Morgan fingerprint density at radius 1 is 1.38 bits per heavy atom. The number of halogens is 1. The number of alkyl halides is 1. The first kappa shape index (κ1) is 18.4. The van der Waals surface area contributed by atoms with Crippen LogP contribution in [0.15, 0.2) is 24.5 Å². The first-order valence-electron chi connectivity index (χ1n) is 8.53. The number of unbranched alkanes of at least 4 members (excludes halogenated alkanes) is 1. The predicted molar refractivity (Wildman–Crippen MR) is 106 cm³/mol. The number of benzene rings is 1. The van der Waals surface area contributed by atoms with Crippen molar-refractivity contribution in [1.82, 2.24) is 14.5 Å². The van der Waals surface area contributed by atoms with Gasteiger partial charge < -0.3 is 20.8 Å². The summed E-state index contributed by atoms with van der Waals surface area (Å²) in [5.74, 6) is 0.834. The summed E-state index contributed by atoms with van der Waals surface area (Å²) >= 11 is 3.53. The summed E-state index contributed by atoms with van der Waals surface area (Å²) in [6.07, 6.45) is 2.61. The van der Waals surface area contributed by atoms with Gasteiger partial charge in [-0.2, -0.15) is 0 Å². The van der Waals surface area contributed by atoms with Crippen LogP contribution in [-0.2, 0) is 11.3 Å². The van der Waals surface area contributed by atoms with E-state index in [9.17, 15) is 4.79 Å². The zero-order valence-electron chi connectivity index (χ0n) is 14.6. The molecule has 0 saturated carbocycles. The predicted octanol–water partition coefficient (Wildman–Crippen LogP) is 3.54. The quantitative estimate of drug-likeness (QED) is 0.449. The summed E-state index contributed by atoms with van der Waals surface area (Å²) in [6.45, 7) is 3.23. The summed E-state index contributed by atoms with van der Waals surface area (Å²) in [5, 5.41) is 1.92. The van der Waals surface area contributed by atoms with E-state index in [0.717, 1.165) is 41.1 Å². The number of nitrogens with zero attached hydrogens (tertiary/aromatic N) is 3. The van der Waals surface area contributed by atoms with E-state index in [0.29, 0.717) is 23.9 Å². The van der Waals surface area contributed by atoms with E-state index in [1.54, 1.807) is 6.33 Å². The number of anilines is 1. The van der Waals surface area contributed by atoms with Gasteiger partial charge in [-0.1, -0.05) is 35.0 Å². The topological polar surface area (TPSA) is 109 Å². The molecule has 138 valence electrons. The standard InChI is InChI=1S/C18H22BrN5O2/c1-11(9-19)12-4-5-13-14(8-12)23-17(20)15-16(13)24(10-22-15)6-2-3-7-26-18(21)25/h4-5,8,10-11H,2-3,6-7,9H2,1H3,(H2,20,23)(H2,21,25). The Labute approximate surface area is 159 Å². The minimum Gasteiger partial charge on any atom is -0.450 e. The second kappa shape index (κ2) is 7.90. The fourth-order valence-corrected chi connectivity index (χ4v) is 3.37. The molecule has 8 heteroatoms. The molecule has 0 aliphatic heterocycles. The molecule has 0 aliphatic carbocycles. The van der Waals surface area contributed by atoms with E-state index < -0.39 is 6.09 Å². The second-order valence-electron chi connectivity index (χ2n) is 6.34. The van der Waals surface area contributed by atoms with Gasteiger partial charge in [-0.25, -0.2) is 14.8 Å². The van der Waals surface area contributed by atoms with E-state index >= 15 is 0 Å². The highest BCUT2D eigenvalue weighted by atomic mass is 79.9. The molecule has 0 aliphatic rings. The van der Waals surface area contributed by atoms with Crippen LogP contribution in [0.4, 0.5) is 10.6 Å². The Balaban J connectivity index is 1.91. The maximum Gasteiger partial charge on any atom is 0.404 e. The van der Waals surface area contributed by atoms with Gasteiger partial charge in [0.25, 0.3) is 0 Å². The van der Waals surface area contributed by atoms with Crippen molar-refractivity contribution in [2.75, 3.05) is 17.7 Å². The smallest absolute Gasteiger partial charge is 0.404 e. The van der Waals surface area contributed by atoms with Crippen molar-refractivity contribution in [3.63, 3.8) is 0 Å². The maximum absolute atomic E-state index is 10.6.